The van der Waals surface area contributed by atoms with Gasteiger partial charge in [-0.3, -0.25) is 4.79 Å². The Morgan fingerprint density at radius 2 is 1.95 bits per heavy atom. The highest BCUT2D eigenvalue weighted by molar-refractivity contribution is 9.12. The number of halogens is 2. The second-order valence-corrected chi connectivity index (χ2v) is 8.74. The Labute approximate surface area is 144 Å². The molecule has 1 aliphatic heterocycles. The van der Waals surface area contributed by atoms with Crippen LogP contribution in [-0.4, -0.2) is 32.5 Å². The summed E-state index contributed by atoms with van der Waals surface area (Å²) >= 11 is 8.42. The third-order valence-corrected chi connectivity index (χ3v) is 5.97. The van der Waals surface area contributed by atoms with Crippen LogP contribution in [0.4, 0.5) is 11.4 Å². The van der Waals surface area contributed by atoms with Gasteiger partial charge in [0, 0.05) is 25.7 Å². The third-order valence-electron chi connectivity index (χ3n) is 3.63. The molecule has 110 valence electrons. The van der Waals surface area contributed by atoms with Gasteiger partial charge in [-0.25, -0.2) is 0 Å². The Kier molecular flexibility index (Phi) is 4.38. The molecule has 0 saturated carbocycles. The number of nitrogens with zero attached hydrogens (tertiary/aromatic N) is 2. The van der Waals surface area contributed by atoms with E-state index >= 15 is 0 Å². The van der Waals surface area contributed by atoms with Crippen molar-refractivity contribution in [2.75, 3.05) is 36.5 Å². The fraction of sp³-hybridized carbons (Fsp3) is 0.267. The van der Waals surface area contributed by atoms with Gasteiger partial charge in [-0.05, 0) is 50.1 Å². The highest BCUT2D eigenvalue weighted by Gasteiger charge is 2.23. The predicted molar refractivity (Wildman–Crippen MR) is 96.0 cm³/mol. The summed E-state index contributed by atoms with van der Waals surface area (Å²) in [6, 6.07) is 10.1. The van der Waals surface area contributed by atoms with E-state index in [0.717, 1.165) is 31.9 Å². The van der Waals surface area contributed by atoms with Gasteiger partial charge in [0.2, 0.25) is 0 Å². The average Bonchev–Trinajstić information content (AvgIpc) is 2.81. The van der Waals surface area contributed by atoms with E-state index in [1.54, 1.807) is 0 Å². The molecule has 0 radical (unpaired) electrons. The fourth-order valence-electron chi connectivity index (χ4n) is 2.52. The molecule has 2 heterocycles. The molecule has 6 heteroatoms. The highest BCUT2D eigenvalue weighted by atomic mass is 79.9. The summed E-state index contributed by atoms with van der Waals surface area (Å²) in [5, 5.41) is 0. The quantitative estimate of drug-likeness (QED) is 0.675. The summed E-state index contributed by atoms with van der Waals surface area (Å²) in [6.45, 7) is 2.20. The van der Waals surface area contributed by atoms with Crippen LogP contribution in [0.2, 0.25) is 0 Å². The first kappa shape index (κ1) is 15.1. The van der Waals surface area contributed by atoms with Crippen LogP contribution in [-0.2, 0) is 0 Å². The zero-order chi connectivity index (χ0) is 15.0. The van der Waals surface area contributed by atoms with Crippen LogP contribution in [0.5, 0.6) is 0 Å². The second kappa shape index (κ2) is 6.10. The molecule has 0 amide bonds. The highest BCUT2D eigenvalue weighted by Crippen LogP contribution is 2.34. The third kappa shape index (κ3) is 3.03. The molecule has 0 atom stereocenters. The number of fused-ring (bicyclic) bond motifs is 1. The zero-order valence-corrected chi connectivity index (χ0v) is 15.5. The number of hydrogen-bond acceptors (Lipinski definition) is 4. The molecule has 0 bridgehead atoms. The number of anilines is 2. The zero-order valence-electron chi connectivity index (χ0n) is 11.5. The SMILES string of the molecule is CN1CCN(CC(=O)c2cc(Br)sc2Br)c2ccccc21. The van der Waals surface area contributed by atoms with Gasteiger partial charge < -0.3 is 9.80 Å². The van der Waals surface area contributed by atoms with Gasteiger partial charge in [0.05, 0.1) is 25.5 Å². The minimum absolute atomic E-state index is 0.142. The summed E-state index contributed by atoms with van der Waals surface area (Å²) in [7, 11) is 2.09. The van der Waals surface area contributed by atoms with E-state index in [4.69, 9.17) is 0 Å². The molecule has 0 spiro atoms. The lowest BCUT2D eigenvalue weighted by molar-refractivity contribution is 0.0998. The number of para-hydroxylation sites is 2. The first-order chi connectivity index (χ1) is 10.1. The predicted octanol–water partition coefficient (Wildman–Crippen LogP) is 4.41. The van der Waals surface area contributed by atoms with Crippen LogP contribution < -0.4 is 9.80 Å². The number of carbonyl (C=O) groups is 1. The van der Waals surface area contributed by atoms with E-state index in [2.05, 4.69) is 60.8 Å². The van der Waals surface area contributed by atoms with Crippen molar-refractivity contribution in [3.8, 4) is 0 Å². The smallest absolute Gasteiger partial charge is 0.184 e. The lowest BCUT2D eigenvalue weighted by atomic mass is 10.1. The van der Waals surface area contributed by atoms with E-state index in [9.17, 15) is 4.79 Å². The van der Waals surface area contributed by atoms with Crippen LogP contribution in [0.25, 0.3) is 0 Å². The number of rotatable bonds is 3. The van der Waals surface area contributed by atoms with Gasteiger partial charge in [0.15, 0.2) is 5.78 Å². The lowest BCUT2D eigenvalue weighted by Gasteiger charge is -2.36. The van der Waals surface area contributed by atoms with Crippen LogP contribution >= 0.6 is 43.2 Å². The summed E-state index contributed by atoms with van der Waals surface area (Å²) in [5.74, 6) is 0.142. The molecule has 0 unspecified atom stereocenters. The van der Waals surface area contributed by atoms with Gasteiger partial charge in [0.25, 0.3) is 0 Å². The standard InChI is InChI=1S/C15H14Br2N2OS/c1-18-6-7-19(12-5-3-2-4-11(12)18)9-13(20)10-8-14(16)21-15(10)17/h2-5,8H,6-7,9H2,1H3. The van der Waals surface area contributed by atoms with E-state index in [1.807, 2.05) is 18.2 Å². The summed E-state index contributed by atoms with van der Waals surface area (Å²) < 4.78 is 1.86. The van der Waals surface area contributed by atoms with Crippen LogP contribution in [0.15, 0.2) is 37.9 Å². The number of ketones is 1. The first-order valence-corrected chi connectivity index (χ1v) is 8.99. The monoisotopic (exact) mass is 428 g/mol. The molecule has 1 aromatic heterocycles. The van der Waals surface area contributed by atoms with Crippen molar-refractivity contribution in [1.29, 1.82) is 0 Å². The van der Waals surface area contributed by atoms with Crippen molar-refractivity contribution in [2.24, 2.45) is 0 Å². The minimum atomic E-state index is 0.142. The van der Waals surface area contributed by atoms with Crippen molar-refractivity contribution in [3.63, 3.8) is 0 Å². The summed E-state index contributed by atoms with van der Waals surface area (Å²) in [6.07, 6.45) is 0. The Bertz CT molecular complexity index is 686. The molecule has 3 nitrogen and oxygen atoms in total. The Hall–Kier alpha value is -0.850. The molecule has 0 N–H and O–H groups in total. The topological polar surface area (TPSA) is 23.6 Å². The average molecular weight is 430 g/mol. The molecule has 0 saturated heterocycles. The largest absolute Gasteiger partial charge is 0.371 e. The fourth-order valence-corrected chi connectivity index (χ4v) is 5.37. The maximum atomic E-state index is 12.5. The summed E-state index contributed by atoms with van der Waals surface area (Å²) in [5.41, 5.74) is 3.07. The van der Waals surface area contributed by atoms with Gasteiger partial charge in [-0.15, -0.1) is 11.3 Å². The van der Waals surface area contributed by atoms with Crippen LogP contribution in [0.1, 0.15) is 10.4 Å². The number of hydrogen-bond donors (Lipinski definition) is 0. The number of benzene rings is 1. The molecule has 1 aromatic carbocycles. The van der Waals surface area contributed by atoms with E-state index in [1.165, 1.54) is 17.0 Å². The molecule has 1 aliphatic rings. The number of thiophene rings is 1. The van der Waals surface area contributed by atoms with Crippen molar-refractivity contribution in [2.45, 2.75) is 0 Å². The molecule has 3 rings (SSSR count). The number of Topliss-reactive ketones (excluding diaryl/α,β-unsaturated/α-hetero) is 1. The summed E-state index contributed by atoms with van der Waals surface area (Å²) in [4.78, 5) is 16.9. The van der Waals surface area contributed by atoms with Gasteiger partial charge in [-0.1, -0.05) is 12.1 Å². The van der Waals surface area contributed by atoms with Crippen molar-refractivity contribution >= 4 is 60.4 Å². The van der Waals surface area contributed by atoms with Crippen molar-refractivity contribution in [1.82, 2.24) is 0 Å². The molecule has 2 aromatic rings. The number of carbonyl (C=O) groups excluding carboxylic acids is 1. The maximum Gasteiger partial charge on any atom is 0.184 e. The molecular weight excluding hydrogens is 416 g/mol. The minimum Gasteiger partial charge on any atom is -0.371 e. The number of likely N-dealkylation sites (N-methyl/N-ethyl adjacent to an activating group) is 1. The normalized spacial score (nSPS) is 14.2. The first-order valence-electron chi connectivity index (χ1n) is 6.59. The van der Waals surface area contributed by atoms with Crippen molar-refractivity contribution < 1.29 is 4.79 Å². The molecular formula is C15H14Br2N2OS. The molecule has 0 aliphatic carbocycles. The van der Waals surface area contributed by atoms with Gasteiger partial charge in [0.1, 0.15) is 0 Å². The van der Waals surface area contributed by atoms with Crippen LogP contribution in [0, 0.1) is 0 Å². The molecule has 21 heavy (non-hydrogen) atoms. The lowest BCUT2D eigenvalue weighted by Crippen LogP contribution is -2.41. The van der Waals surface area contributed by atoms with E-state index < -0.39 is 0 Å². The van der Waals surface area contributed by atoms with E-state index in [-0.39, 0.29) is 5.78 Å². The maximum absolute atomic E-state index is 12.5. The Morgan fingerprint density at radius 3 is 2.62 bits per heavy atom. The Morgan fingerprint density at radius 1 is 1.24 bits per heavy atom. The van der Waals surface area contributed by atoms with Gasteiger partial charge >= 0.3 is 0 Å². The van der Waals surface area contributed by atoms with Crippen LogP contribution in [0.3, 0.4) is 0 Å². The van der Waals surface area contributed by atoms with Gasteiger partial charge in [-0.2, -0.15) is 0 Å². The van der Waals surface area contributed by atoms with Crippen molar-refractivity contribution in [3.05, 3.63) is 43.5 Å². The van der Waals surface area contributed by atoms with E-state index in [0.29, 0.717) is 6.54 Å². The second-order valence-electron chi connectivity index (χ2n) is 4.99. The molecule has 0 fully saturated rings. The Balaban J connectivity index is 1.84.